The largest absolute Gasteiger partial charge is 0.409 e. The van der Waals surface area contributed by atoms with Crippen molar-refractivity contribution in [3.8, 4) is 11.6 Å². The molecule has 0 fully saturated rings. The van der Waals surface area contributed by atoms with Gasteiger partial charge < -0.3 is 9.73 Å². The molecule has 0 spiro atoms. The number of aryl methyl sites for hydroxylation is 2. The van der Waals surface area contributed by atoms with E-state index in [1.165, 1.54) is 4.68 Å². The first-order valence-electron chi connectivity index (χ1n) is 11.4. The van der Waals surface area contributed by atoms with Gasteiger partial charge in [0.25, 0.3) is 16.7 Å². The standard InChI is InChI=1S/C27H23N5O3S/c1-17-12-13-20(14-18(17)2)28-23(33)16-36-27-30-29-25(35-27)24-21-10-6-7-11-22(21)26(34)32(31-24)15-19-8-4-3-5-9-19/h3-14H,15-16H2,1-2H3,(H,28,33). The highest BCUT2D eigenvalue weighted by Gasteiger charge is 2.18. The van der Waals surface area contributed by atoms with E-state index in [2.05, 4.69) is 20.6 Å². The molecule has 2 aromatic heterocycles. The first kappa shape index (κ1) is 23.5. The van der Waals surface area contributed by atoms with Crippen LogP contribution in [-0.2, 0) is 11.3 Å². The Bertz CT molecular complexity index is 1610. The molecule has 0 unspecified atom stereocenters. The molecule has 0 bridgehead atoms. The van der Waals surface area contributed by atoms with Gasteiger partial charge in [-0.3, -0.25) is 9.59 Å². The van der Waals surface area contributed by atoms with Crippen LogP contribution in [0, 0.1) is 13.8 Å². The number of hydrogen-bond donors (Lipinski definition) is 1. The second-order valence-corrected chi connectivity index (χ2v) is 9.28. The van der Waals surface area contributed by atoms with Crippen LogP contribution in [0.1, 0.15) is 16.7 Å². The lowest BCUT2D eigenvalue weighted by Crippen LogP contribution is -2.24. The van der Waals surface area contributed by atoms with Gasteiger partial charge in [0.05, 0.1) is 17.7 Å². The quantitative estimate of drug-likeness (QED) is 0.321. The molecule has 5 aromatic rings. The Morgan fingerprint density at radius 3 is 2.47 bits per heavy atom. The van der Waals surface area contributed by atoms with E-state index >= 15 is 0 Å². The Kier molecular flexibility index (Phi) is 6.64. The molecule has 1 amide bonds. The van der Waals surface area contributed by atoms with E-state index in [-0.39, 0.29) is 28.3 Å². The molecule has 0 aliphatic rings. The third kappa shape index (κ3) is 5.06. The van der Waals surface area contributed by atoms with E-state index < -0.39 is 0 Å². The molecule has 0 atom stereocenters. The van der Waals surface area contributed by atoms with Gasteiger partial charge in [-0.15, -0.1) is 10.2 Å². The average Bonchev–Trinajstić information content (AvgIpc) is 3.36. The van der Waals surface area contributed by atoms with E-state index in [1.54, 1.807) is 12.1 Å². The number of anilines is 1. The molecule has 2 heterocycles. The van der Waals surface area contributed by atoms with Crippen LogP contribution >= 0.6 is 11.8 Å². The molecule has 8 nitrogen and oxygen atoms in total. The van der Waals surface area contributed by atoms with Gasteiger partial charge in [0.15, 0.2) is 5.69 Å². The summed E-state index contributed by atoms with van der Waals surface area (Å²) >= 11 is 1.14. The second-order valence-electron chi connectivity index (χ2n) is 8.35. The molecule has 5 rings (SSSR count). The summed E-state index contributed by atoms with van der Waals surface area (Å²) in [6, 6.07) is 22.6. The van der Waals surface area contributed by atoms with Gasteiger partial charge in [0, 0.05) is 11.1 Å². The first-order valence-corrected chi connectivity index (χ1v) is 12.3. The number of carbonyl (C=O) groups is 1. The second kappa shape index (κ2) is 10.2. The summed E-state index contributed by atoms with van der Waals surface area (Å²) in [6.45, 7) is 4.34. The topological polar surface area (TPSA) is 103 Å². The van der Waals surface area contributed by atoms with Crippen LogP contribution in [0.2, 0.25) is 0 Å². The molecule has 9 heteroatoms. The van der Waals surface area contributed by atoms with Crippen LogP contribution in [0.25, 0.3) is 22.4 Å². The SMILES string of the molecule is Cc1ccc(NC(=O)CSc2nnc(-c3nn(Cc4ccccc4)c(=O)c4ccccc34)o2)cc1C. The molecule has 36 heavy (non-hydrogen) atoms. The van der Waals surface area contributed by atoms with Crippen LogP contribution in [0.3, 0.4) is 0 Å². The summed E-state index contributed by atoms with van der Waals surface area (Å²) in [5.41, 5.74) is 4.18. The lowest BCUT2D eigenvalue weighted by Gasteiger charge is -2.09. The van der Waals surface area contributed by atoms with Crippen molar-refractivity contribution in [3.63, 3.8) is 0 Å². The summed E-state index contributed by atoms with van der Waals surface area (Å²) < 4.78 is 7.25. The average molecular weight is 498 g/mol. The van der Waals surface area contributed by atoms with Crippen molar-refractivity contribution in [2.24, 2.45) is 0 Å². The summed E-state index contributed by atoms with van der Waals surface area (Å²) in [7, 11) is 0. The number of benzene rings is 3. The molecule has 1 N–H and O–H groups in total. The van der Waals surface area contributed by atoms with Crippen LogP contribution < -0.4 is 10.9 Å². The number of nitrogens with one attached hydrogen (secondary N) is 1. The monoisotopic (exact) mass is 497 g/mol. The predicted molar refractivity (Wildman–Crippen MR) is 140 cm³/mol. The maximum atomic E-state index is 13.1. The Balaban J connectivity index is 1.37. The number of carbonyl (C=O) groups excluding carboxylic acids is 1. The number of nitrogens with zero attached hydrogens (tertiary/aromatic N) is 4. The summed E-state index contributed by atoms with van der Waals surface area (Å²) in [4.78, 5) is 25.5. The van der Waals surface area contributed by atoms with Gasteiger partial charge in [-0.2, -0.15) is 5.10 Å². The van der Waals surface area contributed by atoms with E-state index in [0.717, 1.165) is 34.1 Å². The fraction of sp³-hybridized carbons (Fsp3) is 0.148. The summed E-state index contributed by atoms with van der Waals surface area (Å²) in [6.07, 6.45) is 0. The van der Waals surface area contributed by atoms with Crippen molar-refractivity contribution in [2.45, 2.75) is 25.6 Å². The maximum absolute atomic E-state index is 13.1. The number of hydrogen-bond acceptors (Lipinski definition) is 7. The lowest BCUT2D eigenvalue weighted by atomic mass is 10.1. The molecular formula is C27H23N5O3S. The Morgan fingerprint density at radius 2 is 1.69 bits per heavy atom. The third-order valence-corrected chi connectivity index (χ3v) is 6.59. The number of rotatable bonds is 7. The molecule has 0 aliphatic carbocycles. The Hall–Kier alpha value is -4.24. The molecular weight excluding hydrogens is 474 g/mol. The smallest absolute Gasteiger partial charge is 0.277 e. The maximum Gasteiger partial charge on any atom is 0.277 e. The zero-order chi connectivity index (χ0) is 25.1. The van der Waals surface area contributed by atoms with Crippen molar-refractivity contribution in [2.75, 3.05) is 11.1 Å². The van der Waals surface area contributed by atoms with Crippen molar-refractivity contribution in [3.05, 3.63) is 99.8 Å². The minimum atomic E-state index is -0.199. The highest BCUT2D eigenvalue weighted by Crippen LogP contribution is 2.27. The highest BCUT2D eigenvalue weighted by atomic mass is 32.2. The van der Waals surface area contributed by atoms with E-state index in [9.17, 15) is 9.59 Å². The zero-order valence-corrected chi connectivity index (χ0v) is 20.6. The molecule has 180 valence electrons. The fourth-order valence-corrected chi connectivity index (χ4v) is 4.33. The van der Waals surface area contributed by atoms with Gasteiger partial charge >= 0.3 is 0 Å². The van der Waals surface area contributed by atoms with Crippen molar-refractivity contribution in [1.29, 1.82) is 0 Å². The number of amides is 1. The normalized spacial score (nSPS) is 11.1. The first-order chi connectivity index (χ1) is 17.5. The minimum absolute atomic E-state index is 0.107. The number of fused-ring (bicyclic) bond motifs is 1. The number of thioether (sulfide) groups is 1. The highest BCUT2D eigenvalue weighted by molar-refractivity contribution is 7.99. The molecule has 0 saturated heterocycles. The van der Waals surface area contributed by atoms with E-state index in [4.69, 9.17) is 4.42 Å². The van der Waals surface area contributed by atoms with Gasteiger partial charge in [-0.05, 0) is 48.7 Å². The van der Waals surface area contributed by atoms with Gasteiger partial charge in [-0.25, -0.2) is 4.68 Å². The van der Waals surface area contributed by atoms with E-state index in [1.807, 2.05) is 74.5 Å². The summed E-state index contributed by atoms with van der Waals surface area (Å²) in [5.74, 6) is 0.115. The van der Waals surface area contributed by atoms with Crippen LogP contribution in [0.5, 0.6) is 0 Å². The number of aromatic nitrogens is 4. The van der Waals surface area contributed by atoms with Gasteiger partial charge in [-0.1, -0.05) is 66.4 Å². The van der Waals surface area contributed by atoms with Crippen molar-refractivity contribution < 1.29 is 9.21 Å². The van der Waals surface area contributed by atoms with Crippen LogP contribution in [-0.4, -0.2) is 31.6 Å². The minimum Gasteiger partial charge on any atom is -0.409 e. The third-order valence-electron chi connectivity index (χ3n) is 5.77. The summed E-state index contributed by atoms with van der Waals surface area (Å²) in [5, 5.41) is 17.1. The van der Waals surface area contributed by atoms with Gasteiger partial charge in [0.1, 0.15) is 0 Å². The molecule has 0 aliphatic heterocycles. The molecule has 0 radical (unpaired) electrons. The lowest BCUT2D eigenvalue weighted by molar-refractivity contribution is -0.113. The van der Waals surface area contributed by atoms with Gasteiger partial charge in [0.2, 0.25) is 5.91 Å². The van der Waals surface area contributed by atoms with Crippen LogP contribution in [0.15, 0.2) is 87.2 Å². The molecule has 3 aromatic carbocycles. The zero-order valence-electron chi connectivity index (χ0n) is 19.8. The Morgan fingerprint density at radius 1 is 0.944 bits per heavy atom. The Labute approximate surface area is 211 Å². The van der Waals surface area contributed by atoms with Crippen molar-refractivity contribution in [1.82, 2.24) is 20.0 Å². The van der Waals surface area contributed by atoms with Crippen LogP contribution in [0.4, 0.5) is 5.69 Å². The fourth-order valence-electron chi connectivity index (χ4n) is 3.76. The van der Waals surface area contributed by atoms with Crippen molar-refractivity contribution >= 4 is 34.1 Å². The van der Waals surface area contributed by atoms with E-state index in [0.29, 0.717) is 23.0 Å². The predicted octanol–water partition coefficient (Wildman–Crippen LogP) is 4.84. The molecule has 0 saturated carbocycles.